The second-order valence-electron chi connectivity index (χ2n) is 6.82. The molecule has 0 spiro atoms. The van der Waals surface area contributed by atoms with Crippen LogP contribution in [0.15, 0.2) is 43.4 Å². The van der Waals surface area contributed by atoms with E-state index in [1.54, 1.807) is 18.6 Å². The van der Waals surface area contributed by atoms with Gasteiger partial charge in [0.25, 0.3) is 5.92 Å². The van der Waals surface area contributed by atoms with Gasteiger partial charge in [-0.2, -0.15) is 0 Å². The second-order valence-corrected chi connectivity index (χ2v) is 6.82. The van der Waals surface area contributed by atoms with Crippen molar-refractivity contribution in [3.8, 4) is 0 Å². The number of fused-ring (bicyclic) bond motifs is 1. The Morgan fingerprint density at radius 2 is 1.93 bits per heavy atom. The highest BCUT2D eigenvalue weighted by atomic mass is 19.3. The predicted octanol–water partition coefficient (Wildman–Crippen LogP) is 4.25. The van der Waals surface area contributed by atoms with Crippen LogP contribution in [0.4, 0.5) is 14.7 Å². The molecule has 0 radical (unpaired) electrons. The van der Waals surface area contributed by atoms with E-state index in [2.05, 4.69) is 31.8 Å². The van der Waals surface area contributed by atoms with Crippen LogP contribution in [0.5, 0.6) is 0 Å². The monoisotopic (exact) mass is 367 g/mol. The van der Waals surface area contributed by atoms with Crippen LogP contribution >= 0.6 is 0 Å². The minimum atomic E-state index is -2.72. The fourth-order valence-corrected chi connectivity index (χ4v) is 3.00. The average molecular weight is 367 g/mol. The summed E-state index contributed by atoms with van der Waals surface area (Å²) >= 11 is 0. The van der Waals surface area contributed by atoms with Gasteiger partial charge < -0.3 is 5.32 Å². The molecule has 1 saturated carbocycles. The van der Waals surface area contributed by atoms with Crippen LogP contribution in [0.2, 0.25) is 0 Å². The second kappa shape index (κ2) is 6.64. The summed E-state index contributed by atoms with van der Waals surface area (Å²) in [5, 5.41) is 2.66. The molecule has 1 fully saturated rings. The Hall–Kier alpha value is -2.96. The van der Waals surface area contributed by atoms with Gasteiger partial charge in [-0.1, -0.05) is 12.6 Å². The Morgan fingerprint density at radius 3 is 2.63 bits per heavy atom. The van der Waals surface area contributed by atoms with E-state index in [1.165, 1.54) is 0 Å². The zero-order chi connectivity index (χ0) is 19.0. The SMILES string of the molecule is C=C(c1ccc2nccnc2c1)c1cnc(NCC(F)(F)C2CC2)nc1C. The molecule has 5 nitrogen and oxygen atoms in total. The average Bonchev–Trinajstić information content (AvgIpc) is 3.51. The van der Waals surface area contributed by atoms with Crippen LogP contribution in [0.25, 0.3) is 16.6 Å². The summed E-state index contributed by atoms with van der Waals surface area (Å²) in [4.78, 5) is 17.1. The third kappa shape index (κ3) is 3.63. The molecule has 3 aromatic rings. The van der Waals surface area contributed by atoms with Gasteiger partial charge in [0, 0.05) is 30.1 Å². The molecule has 0 bridgehead atoms. The maximum absolute atomic E-state index is 13.8. The van der Waals surface area contributed by atoms with Crippen LogP contribution in [0.3, 0.4) is 0 Å². The number of hydrogen-bond acceptors (Lipinski definition) is 5. The number of rotatable bonds is 6. The molecule has 2 heterocycles. The molecule has 0 saturated heterocycles. The van der Waals surface area contributed by atoms with Crippen molar-refractivity contribution >= 4 is 22.6 Å². The molecular weight excluding hydrogens is 348 g/mol. The molecule has 0 aliphatic heterocycles. The molecule has 138 valence electrons. The number of nitrogens with one attached hydrogen (secondary N) is 1. The van der Waals surface area contributed by atoms with Gasteiger partial charge in [0.15, 0.2) is 0 Å². The first-order valence-corrected chi connectivity index (χ1v) is 8.80. The van der Waals surface area contributed by atoms with Crippen molar-refractivity contribution < 1.29 is 8.78 Å². The van der Waals surface area contributed by atoms with E-state index >= 15 is 0 Å². The number of anilines is 1. The van der Waals surface area contributed by atoms with Crippen LogP contribution in [-0.2, 0) is 0 Å². The third-order valence-corrected chi connectivity index (χ3v) is 4.78. The summed E-state index contributed by atoms with van der Waals surface area (Å²) in [6.07, 6.45) is 6.07. The first-order valence-electron chi connectivity index (χ1n) is 8.80. The van der Waals surface area contributed by atoms with Crippen molar-refractivity contribution in [1.82, 2.24) is 19.9 Å². The van der Waals surface area contributed by atoms with E-state index in [1.807, 2.05) is 25.1 Å². The maximum atomic E-state index is 13.8. The van der Waals surface area contributed by atoms with Gasteiger partial charge in [0.1, 0.15) is 0 Å². The largest absolute Gasteiger partial charge is 0.348 e. The number of aryl methyl sites for hydroxylation is 1. The van der Waals surface area contributed by atoms with Crippen LogP contribution in [-0.4, -0.2) is 32.4 Å². The van der Waals surface area contributed by atoms with Crippen molar-refractivity contribution in [2.24, 2.45) is 5.92 Å². The lowest BCUT2D eigenvalue weighted by atomic mass is 9.99. The number of hydrogen-bond donors (Lipinski definition) is 1. The van der Waals surface area contributed by atoms with E-state index in [4.69, 9.17) is 0 Å². The molecule has 4 rings (SSSR count). The molecule has 0 amide bonds. The van der Waals surface area contributed by atoms with Crippen molar-refractivity contribution in [2.45, 2.75) is 25.7 Å². The summed E-state index contributed by atoms with van der Waals surface area (Å²) in [5.41, 5.74) is 4.64. The predicted molar refractivity (Wildman–Crippen MR) is 101 cm³/mol. The van der Waals surface area contributed by atoms with Gasteiger partial charge in [-0.05, 0) is 43.0 Å². The van der Waals surface area contributed by atoms with E-state index in [0.29, 0.717) is 18.5 Å². The third-order valence-electron chi connectivity index (χ3n) is 4.78. The summed E-state index contributed by atoms with van der Waals surface area (Å²) in [6.45, 7) is 5.51. The Kier molecular flexibility index (Phi) is 4.30. The molecule has 1 N–H and O–H groups in total. The van der Waals surface area contributed by atoms with E-state index in [-0.39, 0.29) is 5.95 Å². The summed E-state index contributed by atoms with van der Waals surface area (Å²) in [5.74, 6) is -3.03. The highest BCUT2D eigenvalue weighted by molar-refractivity contribution is 5.85. The van der Waals surface area contributed by atoms with Gasteiger partial charge in [-0.3, -0.25) is 9.97 Å². The summed E-state index contributed by atoms with van der Waals surface area (Å²) < 4.78 is 27.6. The van der Waals surface area contributed by atoms with Gasteiger partial charge in [0.2, 0.25) is 5.95 Å². The normalized spacial score (nSPS) is 14.3. The van der Waals surface area contributed by atoms with Gasteiger partial charge in [0.05, 0.1) is 23.3 Å². The van der Waals surface area contributed by atoms with Crippen molar-refractivity contribution in [3.05, 3.63) is 60.2 Å². The first-order chi connectivity index (χ1) is 12.9. The summed E-state index contributed by atoms with van der Waals surface area (Å²) in [6, 6.07) is 5.71. The fourth-order valence-electron chi connectivity index (χ4n) is 3.00. The van der Waals surface area contributed by atoms with Gasteiger partial charge >= 0.3 is 0 Å². The first kappa shape index (κ1) is 17.5. The van der Waals surface area contributed by atoms with Crippen molar-refractivity contribution in [1.29, 1.82) is 0 Å². The molecule has 1 aromatic carbocycles. The Bertz CT molecular complexity index is 1010. The minimum absolute atomic E-state index is 0.203. The number of aromatic nitrogens is 4. The molecule has 0 unspecified atom stereocenters. The van der Waals surface area contributed by atoms with E-state index in [0.717, 1.165) is 27.7 Å². The Morgan fingerprint density at radius 1 is 1.19 bits per heavy atom. The van der Waals surface area contributed by atoms with Crippen LogP contribution in [0, 0.1) is 12.8 Å². The smallest absolute Gasteiger partial charge is 0.267 e. The molecule has 1 aliphatic rings. The molecule has 1 aliphatic carbocycles. The standard InChI is InChI=1S/C20H19F2N5/c1-12(14-3-6-17-18(9-14)24-8-7-23-17)16-10-25-19(27-13(16)2)26-11-20(21,22)15-4-5-15/h3,6-10,15H,1,4-5,11H2,2H3,(H,25,26,27). The fraction of sp³-hybridized carbons (Fsp3) is 0.300. The zero-order valence-corrected chi connectivity index (χ0v) is 14.9. The molecular formula is C20H19F2N5. The van der Waals surface area contributed by atoms with E-state index < -0.39 is 18.4 Å². The number of alkyl halides is 2. The summed E-state index contributed by atoms with van der Waals surface area (Å²) in [7, 11) is 0. The Balaban J connectivity index is 1.53. The topological polar surface area (TPSA) is 63.6 Å². The minimum Gasteiger partial charge on any atom is -0.348 e. The zero-order valence-electron chi connectivity index (χ0n) is 14.9. The molecule has 27 heavy (non-hydrogen) atoms. The lowest BCUT2D eigenvalue weighted by Crippen LogP contribution is -2.30. The van der Waals surface area contributed by atoms with Gasteiger partial charge in [-0.25, -0.2) is 18.7 Å². The van der Waals surface area contributed by atoms with E-state index in [9.17, 15) is 8.78 Å². The van der Waals surface area contributed by atoms with Gasteiger partial charge in [-0.15, -0.1) is 0 Å². The molecule has 0 atom stereocenters. The lowest BCUT2D eigenvalue weighted by molar-refractivity contribution is -0.00832. The highest BCUT2D eigenvalue weighted by Crippen LogP contribution is 2.43. The van der Waals surface area contributed by atoms with Crippen LogP contribution < -0.4 is 5.32 Å². The molecule has 2 aromatic heterocycles. The maximum Gasteiger partial charge on any atom is 0.267 e. The van der Waals surface area contributed by atoms with Crippen LogP contribution in [0.1, 0.15) is 29.7 Å². The quantitative estimate of drug-likeness (QED) is 0.706. The lowest BCUT2D eigenvalue weighted by Gasteiger charge is -2.17. The van der Waals surface area contributed by atoms with Crippen molar-refractivity contribution in [3.63, 3.8) is 0 Å². The highest BCUT2D eigenvalue weighted by Gasteiger charge is 2.46. The number of nitrogens with zero attached hydrogens (tertiary/aromatic N) is 4. The number of benzene rings is 1. The molecule has 7 heteroatoms. The van der Waals surface area contributed by atoms with Crippen molar-refractivity contribution in [2.75, 3.05) is 11.9 Å². The number of halogens is 2. The Labute approximate surface area is 155 Å².